The fourth-order valence-corrected chi connectivity index (χ4v) is 0.999. The molecule has 2 heterocycles. The summed E-state index contributed by atoms with van der Waals surface area (Å²) in [6.07, 6.45) is 7.14. The molecule has 0 aromatic carbocycles. The van der Waals surface area contributed by atoms with E-state index in [9.17, 15) is 0 Å². The monoisotopic (exact) mass is 158 g/mol. The van der Waals surface area contributed by atoms with Gasteiger partial charge >= 0.3 is 0 Å². The highest BCUT2D eigenvalue weighted by atomic mass is 16.3. The minimum absolute atomic E-state index is 0.850. The van der Waals surface area contributed by atoms with Crippen molar-refractivity contribution in [3.05, 3.63) is 60.7 Å². The first-order valence-electron chi connectivity index (χ1n) is 3.73. The van der Waals surface area contributed by atoms with Crippen molar-refractivity contribution in [2.45, 2.75) is 0 Å². The molecule has 0 aliphatic carbocycles. The summed E-state index contributed by atoms with van der Waals surface area (Å²) in [5, 5.41) is 0. The van der Waals surface area contributed by atoms with Gasteiger partial charge in [-0.15, -0.1) is 0 Å². The molecule has 2 nitrogen and oxygen atoms in total. The molecule has 1 radical (unpaired) electrons. The first-order chi connectivity index (χ1) is 5.95. The van der Waals surface area contributed by atoms with Gasteiger partial charge in [0.15, 0.2) is 0 Å². The Morgan fingerprint density at radius 2 is 2.25 bits per heavy atom. The Morgan fingerprint density at radius 1 is 1.25 bits per heavy atom. The van der Waals surface area contributed by atoms with Gasteiger partial charge in [0, 0.05) is 12.4 Å². The van der Waals surface area contributed by atoms with Gasteiger partial charge in [0.25, 0.3) is 0 Å². The predicted molar refractivity (Wildman–Crippen MR) is 45.4 cm³/mol. The van der Waals surface area contributed by atoms with Gasteiger partial charge in [-0.05, 0) is 23.8 Å². The zero-order chi connectivity index (χ0) is 8.23. The maximum Gasteiger partial charge on any atom is 0.112 e. The minimum Gasteiger partial charge on any atom is -0.469 e. The van der Waals surface area contributed by atoms with E-state index in [0.29, 0.717) is 0 Å². The van der Waals surface area contributed by atoms with Crippen molar-refractivity contribution in [3.8, 4) is 0 Å². The number of hydrogen-bond acceptors (Lipinski definition) is 2. The summed E-state index contributed by atoms with van der Waals surface area (Å²) in [6.45, 7) is 0. The zero-order valence-corrected chi connectivity index (χ0v) is 6.47. The molecule has 12 heavy (non-hydrogen) atoms. The first-order valence-corrected chi connectivity index (χ1v) is 3.73. The van der Waals surface area contributed by atoms with E-state index in [-0.39, 0.29) is 0 Å². The van der Waals surface area contributed by atoms with Gasteiger partial charge in [-0.1, -0.05) is 6.07 Å². The number of pyridine rings is 1. The van der Waals surface area contributed by atoms with Crippen LogP contribution in [0.25, 0.3) is 0 Å². The summed E-state index contributed by atoms with van der Waals surface area (Å²) in [4.78, 5) is 3.99. The average Bonchev–Trinajstić information content (AvgIpc) is 2.59. The Morgan fingerprint density at radius 3 is 2.92 bits per heavy atom. The van der Waals surface area contributed by atoms with E-state index < -0.39 is 0 Å². The fraction of sp³-hybridized carbons (Fsp3) is 0. The molecule has 0 amide bonds. The van der Waals surface area contributed by atoms with Crippen LogP contribution in [0.15, 0.2) is 47.3 Å². The maximum atomic E-state index is 5.15. The van der Waals surface area contributed by atoms with Crippen molar-refractivity contribution in [2.75, 3.05) is 0 Å². The Bertz CT molecular complexity index is 326. The predicted octanol–water partition coefficient (Wildman–Crippen LogP) is 2.28. The van der Waals surface area contributed by atoms with Gasteiger partial charge in [-0.25, -0.2) is 0 Å². The Kier molecular flexibility index (Phi) is 1.90. The molecule has 0 spiro atoms. The van der Waals surface area contributed by atoms with Crippen molar-refractivity contribution in [2.24, 2.45) is 0 Å². The van der Waals surface area contributed by atoms with Gasteiger partial charge in [0.2, 0.25) is 0 Å². The van der Waals surface area contributed by atoms with Gasteiger partial charge < -0.3 is 4.42 Å². The lowest BCUT2D eigenvalue weighted by atomic mass is 10.2. The Balaban J connectivity index is 2.15. The molecule has 0 aliphatic heterocycles. The molecule has 0 fully saturated rings. The summed E-state index contributed by atoms with van der Waals surface area (Å²) >= 11 is 0. The molecule has 2 aromatic heterocycles. The van der Waals surface area contributed by atoms with Crippen molar-refractivity contribution in [3.63, 3.8) is 0 Å². The number of furan rings is 1. The third-order valence-corrected chi connectivity index (χ3v) is 1.54. The number of nitrogens with zero attached hydrogens (tertiary/aromatic N) is 1. The van der Waals surface area contributed by atoms with Crippen LogP contribution < -0.4 is 0 Å². The van der Waals surface area contributed by atoms with Crippen LogP contribution in [0.2, 0.25) is 0 Å². The molecule has 0 N–H and O–H groups in total. The summed E-state index contributed by atoms with van der Waals surface area (Å²) in [5.74, 6) is 0.850. The molecular weight excluding hydrogens is 150 g/mol. The third kappa shape index (κ3) is 1.53. The standard InChI is InChI=1S/C10H8NO/c1-3-9(8-11-5-1)7-10-4-2-6-12-10/h1-8H. The Labute approximate surface area is 70.9 Å². The SMILES string of the molecule is [CH](c1cccnc1)c1ccco1. The van der Waals surface area contributed by atoms with Crippen LogP contribution in [-0.2, 0) is 0 Å². The second kappa shape index (κ2) is 3.22. The van der Waals surface area contributed by atoms with Crippen LogP contribution >= 0.6 is 0 Å². The second-order valence-electron chi connectivity index (χ2n) is 2.45. The van der Waals surface area contributed by atoms with Crippen molar-refractivity contribution >= 4 is 0 Å². The van der Waals surface area contributed by atoms with Gasteiger partial charge in [-0.2, -0.15) is 0 Å². The summed E-state index contributed by atoms with van der Waals surface area (Å²) in [6, 6.07) is 7.65. The normalized spacial score (nSPS) is 10.0. The van der Waals surface area contributed by atoms with Crippen LogP contribution in [0, 0.1) is 6.42 Å². The summed E-state index contributed by atoms with van der Waals surface area (Å²) in [5.41, 5.74) is 1.05. The van der Waals surface area contributed by atoms with Gasteiger partial charge in [0.05, 0.1) is 12.7 Å². The quantitative estimate of drug-likeness (QED) is 0.670. The Hall–Kier alpha value is -1.57. The molecule has 0 saturated carbocycles. The molecule has 0 aliphatic rings. The molecule has 0 unspecified atom stereocenters. The lowest BCUT2D eigenvalue weighted by Crippen LogP contribution is -1.82. The largest absolute Gasteiger partial charge is 0.469 e. The first kappa shape index (κ1) is 7.10. The van der Waals surface area contributed by atoms with Gasteiger partial charge in [0.1, 0.15) is 5.76 Å². The molecule has 0 bridgehead atoms. The fourth-order valence-electron chi connectivity index (χ4n) is 0.999. The van der Waals surface area contributed by atoms with E-state index in [1.165, 1.54) is 0 Å². The van der Waals surface area contributed by atoms with E-state index in [1.807, 2.05) is 30.7 Å². The van der Waals surface area contributed by atoms with Crippen molar-refractivity contribution in [1.29, 1.82) is 0 Å². The molecule has 2 heteroatoms. The van der Waals surface area contributed by atoms with E-state index in [1.54, 1.807) is 18.7 Å². The number of rotatable bonds is 2. The maximum absolute atomic E-state index is 5.15. The summed E-state index contributed by atoms with van der Waals surface area (Å²) < 4.78 is 5.15. The number of aromatic nitrogens is 1. The second-order valence-corrected chi connectivity index (χ2v) is 2.45. The molecule has 0 atom stereocenters. The highest BCUT2D eigenvalue weighted by Crippen LogP contribution is 2.10. The van der Waals surface area contributed by atoms with Crippen LogP contribution in [-0.4, -0.2) is 4.98 Å². The van der Waals surface area contributed by atoms with E-state index in [0.717, 1.165) is 11.3 Å². The minimum atomic E-state index is 0.850. The zero-order valence-electron chi connectivity index (χ0n) is 6.47. The van der Waals surface area contributed by atoms with Crippen molar-refractivity contribution in [1.82, 2.24) is 4.98 Å². The molecule has 0 saturated heterocycles. The topological polar surface area (TPSA) is 26.0 Å². The number of hydrogen-bond donors (Lipinski definition) is 0. The van der Waals surface area contributed by atoms with Crippen molar-refractivity contribution < 1.29 is 4.42 Å². The lowest BCUT2D eigenvalue weighted by Gasteiger charge is -1.94. The van der Waals surface area contributed by atoms with E-state index >= 15 is 0 Å². The molecular formula is C10H8NO. The highest BCUT2D eigenvalue weighted by molar-refractivity contribution is 5.28. The smallest absolute Gasteiger partial charge is 0.112 e. The lowest BCUT2D eigenvalue weighted by molar-refractivity contribution is 0.542. The third-order valence-electron chi connectivity index (χ3n) is 1.54. The highest BCUT2D eigenvalue weighted by Gasteiger charge is 1.97. The average molecular weight is 158 g/mol. The van der Waals surface area contributed by atoms with E-state index in [2.05, 4.69) is 4.98 Å². The summed E-state index contributed by atoms with van der Waals surface area (Å²) in [7, 11) is 0. The van der Waals surface area contributed by atoms with Crippen LogP contribution in [0.3, 0.4) is 0 Å². The molecule has 2 rings (SSSR count). The van der Waals surface area contributed by atoms with E-state index in [4.69, 9.17) is 4.42 Å². The van der Waals surface area contributed by atoms with Crippen LogP contribution in [0.5, 0.6) is 0 Å². The van der Waals surface area contributed by atoms with Crippen LogP contribution in [0.1, 0.15) is 11.3 Å². The molecule has 2 aromatic rings. The van der Waals surface area contributed by atoms with Crippen LogP contribution in [0.4, 0.5) is 0 Å². The van der Waals surface area contributed by atoms with Gasteiger partial charge in [-0.3, -0.25) is 4.98 Å². The molecule has 59 valence electrons.